The Morgan fingerprint density at radius 2 is 1.83 bits per heavy atom. The van der Waals surface area contributed by atoms with Crippen LogP contribution < -0.4 is 5.56 Å². The average Bonchev–Trinajstić information content (AvgIpc) is 3.63. The predicted octanol–water partition coefficient (Wildman–Crippen LogP) is 2.64. The number of carbonyl (C=O) groups is 2. The number of hydrogen-bond donors (Lipinski definition) is 1. The van der Waals surface area contributed by atoms with Crippen LogP contribution in [-0.4, -0.2) is 57.8 Å². The summed E-state index contributed by atoms with van der Waals surface area (Å²) in [4.78, 5) is 49.1. The van der Waals surface area contributed by atoms with Crippen molar-refractivity contribution in [3.63, 3.8) is 0 Å². The zero-order valence-corrected chi connectivity index (χ0v) is 18.2. The molecule has 3 aliphatic rings. The van der Waals surface area contributed by atoms with E-state index in [0.717, 1.165) is 76.1 Å². The van der Waals surface area contributed by atoms with Crippen LogP contribution in [0, 0.1) is 11.8 Å². The number of nitrogens with one attached hydrogen (secondary N) is 1. The molecule has 2 atom stereocenters. The van der Waals surface area contributed by atoms with Crippen molar-refractivity contribution in [3.05, 3.63) is 27.9 Å². The molecule has 1 N–H and O–H groups in total. The highest BCUT2D eigenvalue weighted by molar-refractivity contribution is 5.81. The van der Waals surface area contributed by atoms with E-state index < -0.39 is 0 Å². The summed E-state index contributed by atoms with van der Waals surface area (Å²) in [5, 5.41) is 0. The number of likely N-dealkylation sites (tertiary alicyclic amines) is 2. The quantitative estimate of drug-likeness (QED) is 0.802. The third kappa shape index (κ3) is 4.60. The van der Waals surface area contributed by atoms with Gasteiger partial charge in [0.15, 0.2) is 0 Å². The van der Waals surface area contributed by atoms with Gasteiger partial charge in [-0.15, -0.1) is 0 Å². The Morgan fingerprint density at radius 1 is 1.10 bits per heavy atom. The van der Waals surface area contributed by atoms with Gasteiger partial charge in [0.25, 0.3) is 5.56 Å². The van der Waals surface area contributed by atoms with Gasteiger partial charge in [-0.1, -0.05) is 13.8 Å². The third-order valence-corrected chi connectivity index (χ3v) is 7.09. The van der Waals surface area contributed by atoms with E-state index in [9.17, 15) is 14.4 Å². The lowest BCUT2D eigenvalue weighted by Gasteiger charge is -2.34. The minimum absolute atomic E-state index is 0.0370. The number of amides is 2. The van der Waals surface area contributed by atoms with Gasteiger partial charge in [0.1, 0.15) is 5.82 Å². The van der Waals surface area contributed by atoms with Gasteiger partial charge in [-0.25, -0.2) is 4.98 Å². The van der Waals surface area contributed by atoms with Crippen LogP contribution >= 0.6 is 0 Å². The molecule has 2 aliphatic heterocycles. The van der Waals surface area contributed by atoms with Crippen LogP contribution in [0.3, 0.4) is 0 Å². The molecule has 0 unspecified atom stereocenters. The first-order valence-electron chi connectivity index (χ1n) is 11.6. The standard InChI is InChI=1S/C23H34N4O3/c1-3-15(2)22(29)27-10-4-5-18(14-27)19-13-20(28)25-21(24-19)16-8-11-26(12-9-16)23(30)17-6-7-17/h13,15-18H,3-12,14H2,1-2H3,(H,24,25,28)/t15-,18+/m0/s1. The second kappa shape index (κ2) is 8.90. The molecule has 1 aromatic rings. The minimum Gasteiger partial charge on any atom is -0.342 e. The lowest BCUT2D eigenvalue weighted by molar-refractivity contribution is -0.136. The van der Waals surface area contributed by atoms with Gasteiger partial charge in [0.05, 0.1) is 5.69 Å². The van der Waals surface area contributed by atoms with Crippen molar-refractivity contribution in [1.29, 1.82) is 0 Å². The number of H-pyrrole nitrogens is 1. The summed E-state index contributed by atoms with van der Waals surface area (Å²) in [6.45, 7) is 6.95. The molecule has 4 rings (SSSR count). The van der Waals surface area contributed by atoms with Crippen molar-refractivity contribution in [2.75, 3.05) is 26.2 Å². The molecule has 0 radical (unpaired) electrons. The number of rotatable bonds is 5. The Balaban J connectivity index is 1.44. The molecule has 7 nitrogen and oxygen atoms in total. The first-order chi connectivity index (χ1) is 14.5. The van der Waals surface area contributed by atoms with Crippen molar-refractivity contribution >= 4 is 11.8 Å². The number of hydrogen-bond acceptors (Lipinski definition) is 4. The molecule has 3 fully saturated rings. The van der Waals surface area contributed by atoms with E-state index in [0.29, 0.717) is 12.5 Å². The maximum atomic E-state index is 12.6. The number of aromatic nitrogens is 2. The molecule has 2 saturated heterocycles. The number of aromatic amines is 1. The second-order valence-corrected chi connectivity index (χ2v) is 9.36. The molecule has 1 saturated carbocycles. The van der Waals surface area contributed by atoms with Crippen LogP contribution in [0.5, 0.6) is 0 Å². The normalized spacial score (nSPS) is 24.0. The fourth-order valence-corrected chi connectivity index (χ4v) is 4.77. The topological polar surface area (TPSA) is 86.4 Å². The van der Waals surface area contributed by atoms with Crippen LogP contribution in [0.4, 0.5) is 0 Å². The van der Waals surface area contributed by atoms with Crippen LogP contribution in [0.25, 0.3) is 0 Å². The second-order valence-electron chi connectivity index (χ2n) is 9.36. The van der Waals surface area contributed by atoms with Gasteiger partial charge in [0, 0.05) is 55.9 Å². The fraction of sp³-hybridized carbons (Fsp3) is 0.739. The molecule has 1 aromatic heterocycles. The summed E-state index contributed by atoms with van der Waals surface area (Å²) < 4.78 is 0. The SMILES string of the molecule is CC[C@H](C)C(=O)N1CCC[C@@H](c2cc(=O)[nH]c(C3CCN(C(=O)C4CC4)CC3)n2)C1. The largest absolute Gasteiger partial charge is 0.342 e. The Labute approximate surface area is 178 Å². The highest BCUT2D eigenvalue weighted by atomic mass is 16.2. The minimum atomic E-state index is -0.114. The molecular formula is C23H34N4O3. The molecule has 30 heavy (non-hydrogen) atoms. The van der Waals surface area contributed by atoms with Crippen molar-refractivity contribution in [2.24, 2.45) is 11.8 Å². The van der Waals surface area contributed by atoms with E-state index in [4.69, 9.17) is 4.98 Å². The molecule has 7 heteroatoms. The molecule has 3 heterocycles. The van der Waals surface area contributed by atoms with E-state index in [2.05, 4.69) is 4.98 Å². The van der Waals surface area contributed by atoms with Gasteiger partial charge >= 0.3 is 0 Å². The zero-order valence-electron chi connectivity index (χ0n) is 18.2. The monoisotopic (exact) mass is 414 g/mol. The Hall–Kier alpha value is -2.18. The molecule has 2 amide bonds. The Morgan fingerprint density at radius 3 is 2.50 bits per heavy atom. The van der Waals surface area contributed by atoms with Gasteiger partial charge < -0.3 is 14.8 Å². The molecule has 1 aliphatic carbocycles. The lowest BCUT2D eigenvalue weighted by Crippen LogP contribution is -2.42. The first kappa shape index (κ1) is 21.1. The average molecular weight is 415 g/mol. The van der Waals surface area contributed by atoms with Crippen LogP contribution in [0.1, 0.15) is 82.1 Å². The maximum absolute atomic E-state index is 12.6. The smallest absolute Gasteiger partial charge is 0.251 e. The van der Waals surface area contributed by atoms with Gasteiger partial charge in [-0.2, -0.15) is 0 Å². The van der Waals surface area contributed by atoms with Gasteiger partial charge in [-0.3, -0.25) is 14.4 Å². The van der Waals surface area contributed by atoms with Crippen LogP contribution in [0.15, 0.2) is 10.9 Å². The van der Waals surface area contributed by atoms with Crippen molar-refractivity contribution < 1.29 is 9.59 Å². The summed E-state index contributed by atoms with van der Waals surface area (Å²) in [6.07, 6.45) is 6.49. The molecule has 0 aromatic carbocycles. The summed E-state index contributed by atoms with van der Waals surface area (Å²) in [5.41, 5.74) is 0.698. The predicted molar refractivity (Wildman–Crippen MR) is 114 cm³/mol. The lowest BCUT2D eigenvalue weighted by atomic mass is 9.92. The van der Waals surface area contributed by atoms with E-state index in [1.54, 1.807) is 6.07 Å². The van der Waals surface area contributed by atoms with E-state index in [1.165, 1.54) is 0 Å². The number of nitrogens with zero attached hydrogens (tertiary/aromatic N) is 3. The van der Waals surface area contributed by atoms with Crippen molar-refractivity contribution in [1.82, 2.24) is 19.8 Å². The molecule has 164 valence electrons. The highest BCUT2D eigenvalue weighted by Gasteiger charge is 2.35. The summed E-state index contributed by atoms with van der Waals surface area (Å²) in [6, 6.07) is 1.61. The maximum Gasteiger partial charge on any atom is 0.251 e. The zero-order chi connectivity index (χ0) is 21.3. The van der Waals surface area contributed by atoms with Crippen molar-refractivity contribution in [2.45, 2.75) is 70.6 Å². The van der Waals surface area contributed by atoms with E-state index >= 15 is 0 Å². The van der Waals surface area contributed by atoms with Gasteiger partial charge in [-0.05, 0) is 44.9 Å². The van der Waals surface area contributed by atoms with Crippen LogP contribution in [-0.2, 0) is 9.59 Å². The third-order valence-electron chi connectivity index (χ3n) is 7.09. The van der Waals surface area contributed by atoms with E-state index in [-0.39, 0.29) is 35.1 Å². The highest BCUT2D eigenvalue weighted by Crippen LogP contribution is 2.34. The summed E-state index contributed by atoms with van der Waals surface area (Å²) >= 11 is 0. The summed E-state index contributed by atoms with van der Waals surface area (Å²) in [5.74, 6) is 1.86. The molecule has 0 spiro atoms. The van der Waals surface area contributed by atoms with Gasteiger partial charge in [0.2, 0.25) is 11.8 Å². The fourth-order valence-electron chi connectivity index (χ4n) is 4.77. The number of piperidine rings is 2. The van der Waals surface area contributed by atoms with Crippen LogP contribution in [0.2, 0.25) is 0 Å². The first-order valence-corrected chi connectivity index (χ1v) is 11.6. The molecule has 0 bridgehead atoms. The molecular weight excluding hydrogens is 380 g/mol. The summed E-state index contributed by atoms with van der Waals surface area (Å²) in [7, 11) is 0. The van der Waals surface area contributed by atoms with Crippen molar-refractivity contribution in [3.8, 4) is 0 Å². The Bertz CT molecular complexity index is 839. The van der Waals surface area contributed by atoms with E-state index in [1.807, 2.05) is 23.6 Å². The number of carbonyl (C=O) groups excluding carboxylic acids is 2. The Kier molecular flexibility index (Phi) is 6.25.